The van der Waals surface area contributed by atoms with Crippen LogP contribution in [0.3, 0.4) is 0 Å². The minimum Gasteiger partial charge on any atom is -0.464 e. The standard InChI is InChI=1S/C9H17NO5/c1-4-14-8(12)7(6(3)11)10-9(13)15-5-2/h6-7,11H,4-5H2,1-3H3,(H,10,13)/t6-,7+/m1/s1. The SMILES string of the molecule is CCOC(=O)N[C@H](C(=O)OCC)[C@@H](C)O. The van der Waals surface area contributed by atoms with E-state index in [9.17, 15) is 14.7 Å². The molecule has 2 atom stereocenters. The topological polar surface area (TPSA) is 84.9 Å². The summed E-state index contributed by atoms with van der Waals surface area (Å²) in [4.78, 5) is 22.3. The highest BCUT2D eigenvalue weighted by molar-refractivity contribution is 5.81. The van der Waals surface area contributed by atoms with Gasteiger partial charge in [-0.1, -0.05) is 0 Å². The van der Waals surface area contributed by atoms with Crippen molar-refractivity contribution in [3.8, 4) is 0 Å². The summed E-state index contributed by atoms with van der Waals surface area (Å²) < 4.78 is 9.26. The molecule has 88 valence electrons. The minimum atomic E-state index is -1.09. The second kappa shape index (κ2) is 7.05. The lowest BCUT2D eigenvalue weighted by Gasteiger charge is -2.18. The van der Waals surface area contributed by atoms with Crippen molar-refractivity contribution in [3.63, 3.8) is 0 Å². The van der Waals surface area contributed by atoms with E-state index in [1.165, 1.54) is 6.92 Å². The summed E-state index contributed by atoms with van der Waals surface area (Å²) >= 11 is 0. The maximum atomic E-state index is 11.3. The van der Waals surface area contributed by atoms with Crippen LogP contribution >= 0.6 is 0 Å². The van der Waals surface area contributed by atoms with Gasteiger partial charge in [-0.05, 0) is 20.8 Å². The van der Waals surface area contributed by atoms with E-state index >= 15 is 0 Å². The molecular formula is C9H17NO5. The molecule has 0 fully saturated rings. The van der Waals surface area contributed by atoms with Crippen LogP contribution in [-0.2, 0) is 14.3 Å². The van der Waals surface area contributed by atoms with Crippen molar-refractivity contribution in [2.24, 2.45) is 0 Å². The second-order valence-electron chi connectivity index (χ2n) is 2.84. The molecule has 2 N–H and O–H groups in total. The van der Waals surface area contributed by atoms with E-state index in [1.807, 2.05) is 0 Å². The van der Waals surface area contributed by atoms with Crippen LogP contribution in [0.2, 0.25) is 0 Å². The summed E-state index contributed by atoms with van der Waals surface area (Å²) in [6.45, 7) is 5.05. The van der Waals surface area contributed by atoms with Crippen molar-refractivity contribution in [2.45, 2.75) is 32.9 Å². The number of carbonyl (C=O) groups is 2. The highest BCUT2D eigenvalue weighted by Gasteiger charge is 2.27. The number of aliphatic hydroxyl groups is 1. The number of hydrogen-bond donors (Lipinski definition) is 2. The van der Waals surface area contributed by atoms with Crippen molar-refractivity contribution >= 4 is 12.1 Å². The first kappa shape index (κ1) is 13.7. The highest BCUT2D eigenvalue weighted by Crippen LogP contribution is 1.97. The molecule has 0 aliphatic carbocycles. The first-order valence-electron chi connectivity index (χ1n) is 4.80. The van der Waals surface area contributed by atoms with Gasteiger partial charge >= 0.3 is 12.1 Å². The van der Waals surface area contributed by atoms with Gasteiger partial charge in [-0.15, -0.1) is 0 Å². The maximum absolute atomic E-state index is 11.3. The molecular weight excluding hydrogens is 202 g/mol. The van der Waals surface area contributed by atoms with Crippen LogP contribution in [0.25, 0.3) is 0 Å². The van der Waals surface area contributed by atoms with Gasteiger partial charge in [0.2, 0.25) is 0 Å². The Kier molecular flexibility index (Phi) is 6.44. The molecule has 0 aromatic heterocycles. The average Bonchev–Trinajstić information content (AvgIpc) is 2.14. The summed E-state index contributed by atoms with van der Waals surface area (Å²) in [7, 11) is 0. The van der Waals surface area contributed by atoms with E-state index in [0.29, 0.717) is 0 Å². The zero-order valence-electron chi connectivity index (χ0n) is 9.15. The third-order valence-corrected chi connectivity index (χ3v) is 1.57. The van der Waals surface area contributed by atoms with E-state index in [0.717, 1.165) is 0 Å². The molecule has 0 aromatic rings. The molecule has 6 nitrogen and oxygen atoms in total. The fourth-order valence-electron chi connectivity index (χ4n) is 0.908. The van der Waals surface area contributed by atoms with Crippen LogP contribution in [-0.4, -0.2) is 42.5 Å². The molecule has 1 amide bonds. The Morgan fingerprint density at radius 2 is 1.80 bits per heavy atom. The first-order chi connectivity index (χ1) is 7.02. The van der Waals surface area contributed by atoms with E-state index in [-0.39, 0.29) is 13.2 Å². The van der Waals surface area contributed by atoms with Gasteiger partial charge in [0.05, 0.1) is 19.3 Å². The van der Waals surface area contributed by atoms with Crippen LogP contribution in [0, 0.1) is 0 Å². The molecule has 0 saturated carbocycles. The largest absolute Gasteiger partial charge is 0.464 e. The molecule has 6 heteroatoms. The van der Waals surface area contributed by atoms with Crippen LogP contribution in [0.1, 0.15) is 20.8 Å². The first-order valence-corrected chi connectivity index (χ1v) is 4.80. The fourth-order valence-corrected chi connectivity index (χ4v) is 0.908. The van der Waals surface area contributed by atoms with Gasteiger partial charge in [0.1, 0.15) is 0 Å². The number of aliphatic hydroxyl groups excluding tert-OH is 1. The molecule has 0 radical (unpaired) electrons. The quantitative estimate of drug-likeness (QED) is 0.638. The third-order valence-electron chi connectivity index (χ3n) is 1.57. The summed E-state index contributed by atoms with van der Waals surface area (Å²) in [6, 6.07) is -1.09. The predicted molar refractivity (Wildman–Crippen MR) is 52.3 cm³/mol. The number of rotatable bonds is 5. The molecule has 0 unspecified atom stereocenters. The summed E-state index contributed by atoms with van der Waals surface area (Å²) in [5, 5.41) is 11.5. The Bertz CT molecular complexity index is 217. The lowest BCUT2D eigenvalue weighted by Crippen LogP contribution is -2.48. The predicted octanol–water partition coefficient (Wildman–Crippen LogP) is 0.0450. The number of amides is 1. The summed E-state index contributed by atoms with van der Waals surface area (Å²) in [5.41, 5.74) is 0. The van der Waals surface area contributed by atoms with Crippen LogP contribution in [0.15, 0.2) is 0 Å². The molecule has 0 bridgehead atoms. The number of ether oxygens (including phenoxy) is 2. The average molecular weight is 219 g/mol. The van der Waals surface area contributed by atoms with Crippen molar-refractivity contribution in [2.75, 3.05) is 13.2 Å². The van der Waals surface area contributed by atoms with Gasteiger partial charge < -0.3 is 19.9 Å². The lowest BCUT2D eigenvalue weighted by atomic mass is 10.2. The Hall–Kier alpha value is -1.30. The number of alkyl carbamates (subject to hydrolysis) is 1. The Morgan fingerprint density at radius 3 is 2.20 bits per heavy atom. The normalized spacial score (nSPS) is 13.9. The van der Waals surface area contributed by atoms with Crippen LogP contribution < -0.4 is 5.32 Å². The third kappa shape index (κ3) is 5.21. The Labute approximate surface area is 88.6 Å². The summed E-state index contributed by atoms with van der Waals surface area (Å²) in [5.74, 6) is -0.680. The second-order valence-corrected chi connectivity index (χ2v) is 2.84. The monoisotopic (exact) mass is 219 g/mol. The van der Waals surface area contributed by atoms with Crippen molar-refractivity contribution in [1.82, 2.24) is 5.32 Å². The Morgan fingerprint density at radius 1 is 1.27 bits per heavy atom. The zero-order chi connectivity index (χ0) is 11.8. The van der Waals surface area contributed by atoms with Crippen LogP contribution in [0.5, 0.6) is 0 Å². The van der Waals surface area contributed by atoms with Gasteiger partial charge in [-0.2, -0.15) is 0 Å². The van der Waals surface area contributed by atoms with E-state index < -0.39 is 24.2 Å². The minimum absolute atomic E-state index is 0.187. The molecule has 15 heavy (non-hydrogen) atoms. The number of carbonyl (C=O) groups excluding carboxylic acids is 2. The van der Waals surface area contributed by atoms with E-state index in [1.54, 1.807) is 13.8 Å². The van der Waals surface area contributed by atoms with Gasteiger partial charge in [-0.3, -0.25) is 0 Å². The maximum Gasteiger partial charge on any atom is 0.407 e. The van der Waals surface area contributed by atoms with Crippen LogP contribution in [0.4, 0.5) is 4.79 Å². The molecule has 0 rings (SSSR count). The number of esters is 1. The number of hydrogen-bond acceptors (Lipinski definition) is 5. The molecule has 0 aliphatic rings. The molecule has 0 aromatic carbocycles. The molecule has 0 spiro atoms. The van der Waals surface area contributed by atoms with E-state index in [4.69, 9.17) is 0 Å². The van der Waals surface area contributed by atoms with Crippen molar-refractivity contribution < 1.29 is 24.2 Å². The lowest BCUT2D eigenvalue weighted by molar-refractivity contribution is -0.148. The Balaban J connectivity index is 4.27. The van der Waals surface area contributed by atoms with Gasteiger partial charge in [0, 0.05) is 0 Å². The highest BCUT2D eigenvalue weighted by atomic mass is 16.6. The van der Waals surface area contributed by atoms with Gasteiger partial charge in [-0.25, -0.2) is 9.59 Å². The summed E-state index contributed by atoms with van der Waals surface area (Å²) in [6.07, 6.45) is -1.79. The van der Waals surface area contributed by atoms with Gasteiger partial charge in [0.15, 0.2) is 6.04 Å². The van der Waals surface area contributed by atoms with Crippen molar-refractivity contribution in [1.29, 1.82) is 0 Å². The molecule has 0 heterocycles. The zero-order valence-corrected chi connectivity index (χ0v) is 9.15. The van der Waals surface area contributed by atoms with Gasteiger partial charge in [0.25, 0.3) is 0 Å². The molecule has 0 aliphatic heterocycles. The number of nitrogens with one attached hydrogen (secondary N) is 1. The molecule has 0 saturated heterocycles. The van der Waals surface area contributed by atoms with E-state index in [2.05, 4.69) is 14.8 Å². The smallest absolute Gasteiger partial charge is 0.407 e. The fraction of sp³-hybridized carbons (Fsp3) is 0.778. The van der Waals surface area contributed by atoms with Crippen molar-refractivity contribution in [3.05, 3.63) is 0 Å².